The van der Waals surface area contributed by atoms with Crippen LogP contribution in [0.1, 0.15) is 0 Å². The van der Waals surface area contributed by atoms with Crippen LogP contribution in [0.4, 0.5) is 0 Å². The summed E-state index contributed by atoms with van der Waals surface area (Å²) in [5, 5.41) is 5.41. The molecule has 0 amide bonds. The Morgan fingerprint density at radius 3 is 2.38 bits per heavy atom. The molecule has 5 nitrogen and oxygen atoms in total. The van der Waals surface area contributed by atoms with E-state index in [4.69, 9.17) is 9.97 Å². The molecule has 0 aliphatic heterocycles. The predicted molar refractivity (Wildman–Crippen MR) is 165 cm³/mol. The third kappa shape index (κ3) is 3.50. The van der Waals surface area contributed by atoms with Gasteiger partial charge in [0.15, 0.2) is 0 Å². The first-order valence-corrected chi connectivity index (χ1v) is 14.0. The molecule has 0 radical (unpaired) electrons. The lowest BCUT2D eigenvalue weighted by molar-refractivity contribution is 0.959. The van der Waals surface area contributed by atoms with Gasteiger partial charge in [0.25, 0.3) is 0 Å². The highest BCUT2D eigenvalue weighted by Crippen LogP contribution is 2.37. The zero-order valence-electron chi connectivity index (χ0n) is 21.7. The van der Waals surface area contributed by atoms with Gasteiger partial charge in [-0.3, -0.25) is 4.98 Å². The van der Waals surface area contributed by atoms with E-state index in [2.05, 4.69) is 112 Å². The van der Waals surface area contributed by atoms with E-state index in [1.807, 2.05) is 29.9 Å². The van der Waals surface area contributed by atoms with E-state index >= 15 is 0 Å². The number of benzene rings is 4. The molecule has 4 aromatic carbocycles. The van der Waals surface area contributed by atoms with Crippen LogP contribution in [-0.4, -0.2) is 24.1 Å². The van der Waals surface area contributed by atoms with E-state index in [-0.39, 0.29) is 0 Å². The Kier molecular flexibility index (Phi) is 5.15. The number of rotatable bonds is 4. The average molecular weight is 534 g/mol. The van der Waals surface area contributed by atoms with E-state index in [0.29, 0.717) is 0 Å². The number of hydrogen-bond acceptors (Lipinski definition) is 4. The summed E-state index contributed by atoms with van der Waals surface area (Å²) in [5.74, 6) is 0.954. The van der Waals surface area contributed by atoms with Crippen molar-refractivity contribution >= 4 is 44.2 Å². The zero-order valence-corrected chi connectivity index (χ0v) is 22.5. The van der Waals surface area contributed by atoms with Crippen LogP contribution in [0, 0.1) is 0 Å². The summed E-state index contributed by atoms with van der Waals surface area (Å²) < 4.78 is 4.53. The van der Waals surface area contributed by atoms with Crippen LogP contribution >= 0.6 is 11.3 Å². The van der Waals surface area contributed by atoms with Gasteiger partial charge >= 0.3 is 0 Å². The average Bonchev–Trinajstić information content (AvgIpc) is 3.74. The summed E-state index contributed by atoms with van der Waals surface area (Å²) in [4.78, 5) is 14.3. The highest BCUT2D eigenvalue weighted by atomic mass is 32.1. The molecule has 0 spiro atoms. The number of para-hydroxylation sites is 3. The van der Waals surface area contributed by atoms with Gasteiger partial charge in [0.2, 0.25) is 0 Å². The summed E-state index contributed by atoms with van der Waals surface area (Å²) in [6.07, 6.45) is 3.69. The van der Waals surface area contributed by atoms with Crippen molar-refractivity contribution in [2.75, 3.05) is 0 Å². The molecule has 0 N–H and O–H groups in total. The highest BCUT2D eigenvalue weighted by molar-refractivity contribution is 7.13. The molecule has 4 aromatic heterocycles. The number of pyridine rings is 1. The monoisotopic (exact) mass is 533 g/mol. The van der Waals surface area contributed by atoms with Gasteiger partial charge in [-0.25, -0.2) is 9.97 Å². The van der Waals surface area contributed by atoms with Crippen molar-refractivity contribution in [1.82, 2.24) is 24.1 Å². The Morgan fingerprint density at radius 2 is 1.50 bits per heavy atom. The van der Waals surface area contributed by atoms with Gasteiger partial charge in [-0.05, 0) is 48.5 Å². The maximum absolute atomic E-state index is 4.97. The van der Waals surface area contributed by atoms with Gasteiger partial charge in [-0.15, -0.1) is 11.3 Å². The Hall–Kier alpha value is -5.07. The van der Waals surface area contributed by atoms with Crippen LogP contribution in [0.3, 0.4) is 0 Å². The number of fused-ring (bicyclic) bond motifs is 4. The van der Waals surface area contributed by atoms with E-state index in [1.54, 1.807) is 11.3 Å². The van der Waals surface area contributed by atoms with Gasteiger partial charge < -0.3 is 9.13 Å². The molecule has 0 aliphatic rings. The van der Waals surface area contributed by atoms with Gasteiger partial charge in [0, 0.05) is 58.0 Å². The summed E-state index contributed by atoms with van der Waals surface area (Å²) in [7, 11) is 2.08. The fourth-order valence-electron chi connectivity index (χ4n) is 5.75. The topological polar surface area (TPSA) is 48.5 Å². The van der Waals surface area contributed by atoms with Crippen LogP contribution in [-0.2, 0) is 7.05 Å². The minimum atomic E-state index is 0.931. The van der Waals surface area contributed by atoms with Crippen LogP contribution in [0.25, 0.3) is 71.7 Å². The molecule has 0 saturated carbocycles. The number of aryl methyl sites for hydroxylation is 1. The summed E-state index contributed by atoms with van der Waals surface area (Å²) in [6, 6.07) is 36.3. The maximum atomic E-state index is 4.97. The first-order valence-electron chi connectivity index (χ1n) is 13.2. The zero-order chi connectivity index (χ0) is 26.6. The Balaban J connectivity index is 1.36. The lowest BCUT2D eigenvalue weighted by atomic mass is 10.1. The van der Waals surface area contributed by atoms with Crippen LogP contribution in [0.2, 0.25) is 0 Å². The molecule has 0 unspecified atom stereocenters. The van der Waals surface area contributed by atoms with Crippen molar-refractivity contribution in [3.63, 3.8) is 0 Å². The molecule has 190 valence electrons. The first kappa shape index (κ1) is 22.9. The van der Waals surface area contributed by atoms with Crippen molar-refractivity contribution in [2.45, 2.75) is 0 Å². The largest absolute Gasteiger partial charge is 0.327 e. The summed E-state index contributed by atoms with van der Waals surface area (Å²) in [5.41, 5.74) is 9.63. The minimum Gasteiger partial charge on any atom is -0.327 e. The van der Waals surface area contributed by atoms with Crippen LogP contribution in [0.5, 0.6) is 0 Å². The molecule has 6 heteroatoms. The Morgan fingerprint density at radius 1 is 0.650 bits per heavy atom. The molecule has 0 atom stereocenters. The fourth-order valence-corrected chi connectivity index (χ4v) is 6.41. The second-order valence-electron chi connectivity index (χ2n) is 9.85. The third-order valence-corrected chi connectivity index (χ3v) is 8.37. The Bertz CT molecular complexity index is 2190. The third-order valence-electron chi connectivity index (χ3n) is 7.57. The number of thiazole rings is 1. The van der Waals surface area contributed by atoms with Crippen LogP contribution in [0.15, 0.2) is 121 Å². The second kappa shape index (κ2) is 9.00. The summed E-state index contributed by atoms with van der Waals surface area (Å²) in [6.45, 7) is 0. The molecular weight excluding hydrogens is 510 g/mol. The molecular formula is C34H23N5S. The van der Waals surface area contributed by atoms with Crippen molar-refractivity contribution in [2.24, 2.45) is 7.05 Å². The molecule has 8 aromatic rings. The van der Waals surface area contributed by atoms with Gasteiger partial charge in [0.05, 0.1) is 27.8 Å². The lowest BCUT2D eigenvalue weighted by Gasteiger charge is -2.12. The van der Waals surface area contributed by atoms with Crippen molar-refractivity contribution in [1.29, 1.82) is 0 Å². The highest BCUT2D eigenvalue weighted by Gasteiger charge is 2.17. The van der Waals surface area contributed by atoms with E-state index in [9.17, 15) is 0 Å². The van der Waals surface area contributed by atoms with E-state index < -0.39 is 0 Å². The molecule has 4 heterocycles. The van der Waals surface area contributed by atoms with Gasteiger partial charge in [0.1, 0.15) is 10.8 Å². The molecule has 8 rings (SSSR count). The SMILES string of the molecule is Cn1c(-c2ccc3c4ccccc4n(-c4cccc(-c5ncccc5-c5nccs5)c4)c3c2)nc2ccccc21. The fraction of sp³-hybridized carbons (Fsp3) is 0.0294. The lowest BCUT2D eigenvalue weighted by Crippen LogP contribution is -1.97. The van der Waals surface area contributed by atoms with Crippen molar-refractivity contribution < 1.29 is 0 Å². The second-order valence-corrected chi connectivity index (χ2v) is 10.7. The first-order chi connectivity index (χ1) is 19.8. The van der Waals surface area contributed by atoms with Gasteiger partial charge in [-0.2, -0.15) is 0 Å². The molecule has 0 saturated heterocycles. The van der Waals surface area contributed by atoms with Gasteiger partial charge in [-0.1, -0.05) is 54.6 Å². The quantitative estimate of drug-likeness (QED) is 0.228. The van der Waals surface area contributed by atoms with E-state index in [0.717, 1.165) is 61.0 Å². The van der Waals surface area contributed by atoms with Crippen molar-refractivity contribution in [3.8, 4) is 38.9 Å². The normalized spacial score (nSPS) is 11.6. The minimum absolute atomic E-state index is 0.931. The predicted octanol–water partition coefficient (Wildman–Crippen LogP) is 8.52. The number of imidazole rings is 1. The molecule has 0 bridgehead atoms. The summed E-state index contributed by atoms with van der Waals surface area (Å²) >= 11 is 1.63. The molecule has 0 aliphatic carbocycles. The Labute approximate surface area is 234 Å². The van der Waals surface area contributed by atoms with Crippen LogP contribution < -0.4 is 0 Å². The number of aromatic nitrogens is 5. The van der Waals surface area contributed by atoms with Crippen molar-refractivity contribution in [3.05, 3.63) is 121 Å². The number of nitrogens with zero attached hydrogens (tertiary/aromatic N) is 5. The molecule has 0 fully saturated rings. The number of hydrogen-bond donors (Lipinski definition) is 0. The smallest absolute Gasteiger partial charge is 0.140 e. The van der Waals surface area contributed by atoms with E-state index in [1.165, 1.54) is 10.8 Å². The standard InChI is InChI=1S/C34H23N5S/c1-38-30-14-5-3-12-28(30)37-33(38)23-15-16-26-25-10-2-4-13-29(25)39(31(26)21-23)24-9-6-8-22(20-24)32-27(11-7-17-35-32)34-36-18-19-40-34/h2-21H,1H3. The molecule has 40 heavy (non-hydrogen) atoms. The maximum Gasteiger partial charge on any atom is 0.140 e.